The van der Waals surface area contributed by atoms with Crippen molar-refractivity contribution in [3.05, 3.63) is 33.7 Å². The van der Waals surface area contributed by atoms with Crippen molar-refractivity contribution >= 4 is 15.9 Å². The Balaban J connectivity index is 3.08. The van der Waals surface area contributed by atoms with Crippen LogP contribution in [0.3, 0.4) is 0 Å². The van der Waals surface area contributed by atoms with Crippen LogP contribution in [-0.2, 0) is 0 Å². The molecular weight excluding hydrogens is 270 g/mol. The topological polar surface area (TPSA) is 26.9 Å². The van der Waals surface area contributed by atoms with E-state index in [0.717, 1.165) is 12.3 Å². The highest BCUT2D eigenvalue weighted by atomic mass is 79.9. The summed E-state index contributed by atoms with van der Waals surface area (Å²) in [5, 5.41) is 10.9. The van der Waals surface area contributed by atoms with Gasteiger partial charge in [-0.15, -0.1) is 0 Å². The molecule has 7 heteroatoms. The second-order valence-corrected chi connectivity index (χ2v) is 3.42. The molecule has 1 unspecified atom stereocenters. The highest BCUT2D eigenvalue weighted by Crippen LogP contribution is 2.34. The van der Waals surface area contributed by atoms with E-state index in [1.807, 2.05) is 0 Å². The molecule has 0 N–H and O–H groups in total. The first-order chi connectivity index (χ1) is 6.32. The van der Waals surface area contributed by atoms with Gasteiger partial charge in [0.2, 0.25) is 5.69 Å². The lowest BCUT2D eigenvalue weighted by molar-refractivity contribution is -0.620. The molecule has 0 aliphatic heterocycles. The summed E-state index contributed by atoms with van der Waals surface area (Å²) in [5.41, 5.74) is -0.972. The zero-order chi connectivity index (χ0) is 10.9. The van der Waals surface area contributed by atoms with Crippen molar-refractivity contribution in [3.8, 4) is 0 Å². The zero-order valence-corrected chi connectivity index (χ0v) is 8.14. The van der Waals surface area contributed by atoms with Crippen molar-refractivity contribution < 1.29 is 22.3 Å². The van der Waals surface area contributed by atoms with Gasteiger partial charge in [0.25, 0.3) is 6.17 Å². The summed E-state index contributed by atoms with van der Waals surface area (Å²) in [5.74, 6) is 0. The second-order valence-electron chi connectivity index (χ2n) is 2.50. The van der Waals surface area contributed by atoms with E-state index in [0.29, 0.717) is 0 Å². The first kappa shape index (κ1) is 11.2. The molecule has 0 aromatic carbocycles. The average Bonchev–Trinajstić information content (AvgIpc) is 2.01. The first-order valence-electron chi connectivity index (χ1n) is 3.42. The van der Waals surface area contributed by atoms with Crippen LogP contribution in [0.5, 0.6) is 0 Å². The van der Waals surface area contributed by atoms with Crippen LogP contribution in [-0.4, -0.2) is 6.18 Å². The number of alkyl halides is 4. The summed E-state index contributed by atoms with van der Waals surface area (Å²) >= 11 is 2.87. The van der Waals surface area contributed by atoms with E-state index in [9.17, 15) is 22.8 Å². The number of halogens is 5. The predicted molar refractivity (Wildman–Crippen MR) is 43.0 cm³/mol. The predicted octanol–water partition coefficient (Wildman–Crippen LogP) is 2.66. The van der Waals surface area contributed by atoms with E-state index in [1.54, 1.807) is 0 Å². The van der Waals surface area contributed by atoms with Gasteiger partial charge >= 0.3 is 6.18 Å². The SMILES string of the molecule is [O-][n+]1cc(Br)ccc1C(F)C(F)(F)F. The number of rotatable bonds is 1. The molecule has 0 amide bonds. The van der Waals surface area contributed by atoms with Crippen LogP contribution in [0.4, 0.5) is 17.6 Å². The highest BCUT2D eigenvalue weighted by molar-refractivity contribution is 9.10. The smallest absolute Gasteiger partial charge is 0.430 e. The fourth-order valence-corrected chi connectivity index (χ4v) is 1.15. The van der Waals surface area contributed by atoms with Gasteiger partial charge in [-0.2, -0.15) is 17.9 Å². The van der Waals surface area contributed by atoms with Crippen LogP contribution >= 0.6 is 15.9 Å². The molecule has 0 saturated heterocycles. The van der Waals surface area contributed by atoms with E-state index >= 15 is 0 Å². The number of nitrogens with zero attached hydrogens (tertiary/aromatic N) is 1. The van der Waals surface area contributed by atoms with Crippen molar-refractivity contribution in [1.29, 1.82) is 0 Å². The molecular formula is C7H4BrF4NO. The quantitative estimate of drug-likeness (QED) is 0.439. The maximum Gasteiger partial charge on any atom is 0.430 e. The summed E-state index contributed by atoms with van der Waals surface area (Å²) in [6.45, 7) is 0. The lowest BCUT2D eigenvalue weighted by atomic mass is 10.2. The zero-order valence-electron chi connectivity index (χ0n) is 6.55. The first-order valence-corrected chi connectivity index (χ1v) is 4.21. The van der Waals surface area contributed by atoms with Crippen molar-refractivity contribution in [2.75, 3.05) is 0 Å². The van der Waals surface area contributed by atoms with Crippen LogP contribution in [0, 0.1) is 5.21 Å². The Morgan fingerprint density at radius 1 is 1.36 bits per heavy atom. The number of aromatic nitrogens is 1. The normalized spacial score (nSPS) is 14.1. The van der Waals surface area contributed by atoms with Crippen LogP contribution in [0.1, 0.15) is 11.9 Å². The van der Waals surface area contributed by atoms with Crippen LogP contribution in [0.25, 0.3) is 0 Å². The Bertz CT molecular complexity index is 341. The highest BCUT2D eigenvalue weighted by Gasteiger charge is 2.45. The van der Waals surface area contributed by atoms with Gasteiger partial charge in [0.15, 0.2) is 6.20 Å². The Hall–Kier alpha value is -0.850. The third-order valence-electron chi connectivity index (χ3n) is 1.46. The molecule has 0 radical (unpaired) electrons. The lowest BCUT2D eigenvalue weighted by Crippen LogP contribution is -2.36. The fourth-order valence-electron chi connectivity index (χ4n) is 0.832. The molecule has 1 atom stereocenters. The summed E-state index contributed by atoms with van der Waals surface area (Å²) in [7, 11) is 0. The van der Waals surface area contributed by atoms with Crippen molar-refractivity contribution in [1.82, 2.24) is 0 Å². The van der Waals surface area contributed by atoms with Crippen LogP contribution in [0.15, 0.2) is 22.8 Å². The summed E-state index contributed by atoms with van der Waals surface area (Å²) < 4.78 is 48.4. The molecule has 1 heterocycles. The molecule has 0 fully saturated rings. The Labute approximate surface area is 84.9 Å². The lowest BCUT2D eigenvalue weighted by Gasteiger charge is -2.11. The van der Waals surface area contributed by atoms with Gasteiger partial charge in [0.1, 0.15) is 0 Å². The van der Waals surface area contributed by atoms with Crippen LogP contribution < -0.4 is 4.73 Å². The minimum absolute atomic E-state index is 0.151. The van der Waals surface area contributed by atoms with Crippen molar-refractivity contribution in [3.63, 3.8) is 0 Å². The van der Waals surface area contributed by atoms with Gasteiger partial charge in [0, 0.05) is 6.07 Å². The van der Waals surface area contributed by atoms with Gasteiger partial charge in [-0.25, -0.2) is 4.39 Å². The molecule has 1 aromatic heterocycles. The molecule has 2 nitrogen and oxygen atoms in total. The molecule has 0 aliphatic rings. The number of hydrogen-bond acceptors (Lipinski definition) is 1. The summed E-state index contributed by atoms with van der Waals surface area (Å²) in [6, 6.07) is 1.96. The Morgan fingerprint density at radius 2 is 1.93 bits per heavy atom. The minimum Gasteiger partial charge on any atom is -0.618 e. The third kappa shape index (κ3) is 2.34. The molecule has 1 rings (SSSR count). The van der Waals surface area contributed by atoms with Gasteiger partial charge in [0.05, 0.1) is 4.47 Å². The van der Waals surface area contributed by atoms with Gasteiger partial charge in [-0.1, -0.05) is 0 Å². The number of pyridine rings is 1. The maximum absolute atomic E-state index is 12.7. The van der Waals surface area contributed by atoms with Crippen molar-refractivity contribution in [2.24, 2.45) is 0 Å². The minimum atomic E-state index is -5.06. The van der Waals surface area contributed by atoms with E-state index < -0.39 is 18.0 Å². The van der Waals surface area contributed by atoms with Crippen molar-refractivity contribution in [2.45, 2.75) is 12.3 Å². The summed E-state index contributed by atoms with van der Waals surface area (Å²) in [4.78, 5) is 0. The molecule has 1 aromatic rings. The van der Waals surface area contributed by atoms with E-state index in [2.05, 4.69) is 15.9 Å². The van der Waals surface area contributed by atoms with E-state index in [4.69, 9.17) is 0 Å². The standard InChI is InChI=1S/C7H4BrF4NO/c8-4-1-2-5(13(14)3-4)6(9)7(10,11)12/h1-3,6H. The van der Waals surface area contributed by atoms with Crippen LogP contribution in [0.2, 0.25) is 0 Å². The molecule has 14 heavy (non-hydrogen) atoms. The van der Waals surface area contributed by atoms with Gasteiger partial charge < -0.3 is 5.21 Å². The maximum atomic E-state index is 12.7. The molecule has 0 spiro atoms. The van der Waals surface area contributed by atoms with Gasteiger partial charge in [-0.05, 0) is 22.0 Å². The second kappa shape index (κ2) is 3.72. The average molecular weight is 274 g/mol. The molecule has 78 valence electrons. The summed E-state index contributed by atoms with van der Waals surface area (Å²) in [6.07, 6.45) is -7.50. The third-order valence-corrected chi connectivity index (χ3v) is 1.92. The molecule has 0 saturated carbocycles. The Morgan fingerprint density at radius 3 is 2.36 bits per heavy atom. The molecule has 0 bridgehead atoms. The Kier molecular flexibility index (Phi) is 2.98. The molecule has 0 aliphatic carbocycles. The monoisotopic (exact) mass is 273 g/mol. The van der Waals surface area contributed by atoms with Gasteiger partial charge in [-0.3, -0.25) is 0 Å². The number of hydrogen-bond donors (Lipinski definition) is 0. The van der Waals surface area contributed by atoms with E-state index in [1.165, 1.54) is 6.07 Å². The van der Waals surface area contributed by atoms with E-state index in [-0.39, 0.29) is 9.20 Å². The largest absolute Gasteiger partial charge is 0.618 e. The fraction of sp³-hybridized carbons (Fsp3) is 0.286.